The molecule has 0 radical (unpaired) electrons. The Morgan fingerprint density at radius 3 is 2.34 bits per heavy atom. The van der Waals surface area contributed by atoms with E-state index in [1.165, 1.54) is 30.5 Å². The Kier molecular flexibility index (Phi) is 10.9. The summed E-state index contributed by atoms with van der Waals surface area (Å²) in [5.41, 5.74) is 3.52. The number of aromatic hydroxyl groups is 3. The van der Waals surface area contributed by atoms with Crippen molar-refractivity contribution in [3.8, 4) is 17.2 Å². The van der Waals surface area contributed by atoms with Gasteiger partial charge in [0, 0.05) is 49.7 Å². The number of phenols is 3. The zero-order valence-electron chi connectivity index (χ0n) is 33.7. The summed E-state index contributed by atoms with van der Waals surface area (Å²) in [6.45, 7) is 0.452. The van der Waals surface area contributed by atoms with Crippen LogP contribution in [0.1, 0.15) is 57.6 Å². The number of aliphatic carboxylic acids is 1. The van der Waals surface area contributed by atoms with Gasteiger partial charge in [0.2, 0.25) is 16.8 Å². The van der Waals surface area contributed by atoms with Gasteiger partial charge in [-0.2, -0.15) is 0 Å². The number of halogens is 2. The Morgan fingerprint density at radius 2 is 1.66 bits per heavy atom. The molecule has 1 aliphatic carbocycles. The van der Waals surface area contributed by atoms with Gasteiger partial charge >= 0.3 is 5.97 Å². The van der Waals surface area contributed by atoms with Crippen molar-refractivity contribution in [1.82, 2.24) is 25.4 Å². The van der Waals surface area contributed by atoms with Gasteiger partial charge in [-0.05, 0) is 54.7 Å². The molecule has 2 aromatic heterocycles. The van der Waals surface area contributed by atoms with Crippen LogP contribution in [0.15, 0.2) is 80.2 Å². The van der Waals surface area contributed by atoms with Crippen LogP contribution in [-0.2, 0) is 14.4 Å². The van der Waals surface area contributed by atoms with Crippen molar-refractivity contribution in [3.05, 3.63) is 114 Å². The number of carboxylic acids is 1. The van der Waals surface area contributed by atoms with Crippen LogP contribution in [0.4, 0.5) is 10.1 Å². The van der Waals surface area contributed by atoms with E-state index < -0.39 is 93.0 Å². The molecule has 4 atom stereocenters. The number of pyridine rings is 1. The van der Waals surface area contributed by atoms with E-state index in [-0.39, 0.29) is 72.9 Å². The quantitative estimate of drug-likeness (QED) is 0.0698. The molecule has 65 heavy (non-hydrogen) atoms. The van der Waals surface area contributed by atoms with Gasteiger partial charge in [-0.3, -0.25) is 33.7 Å². The molecular weight excluding hydrogens is 893 g/mol. The Bertz CT molecular complexity index is 3070. The van der Waals surface area contributed by atoms with Crippen LogP contribution < -0.4 is 37.4 Å². The van der Waals surface area contributed by atoms with E-state index in [0.29, 0.717) is 19.5 Å². The number of β-lactam (4-membered cyclic amide) rings is 1. The van der Waals surface area contributed by atoms with Gasteiger partial charge in [0.05, 0.1) is 27.0 Å². The van der Waals surface area contributed by atoms with Crippen LogP contribution in [0.5, 0.6) is 17.2 Å². The highest BCUT2D eigenvalue weighted by Gasteiger charge is 2.54. The van der Waals surface area contributed by atoms with Crippen LogP contribution in [0.2, 0.25) is 5.02 Å². The lowest BCUT2D eigenvalue weighted by atomic mass is 10.0. The predicted molar refractivity (Wildman–Crippen MR) is 232 cm³/mol. The maximum Gasteiger partial charge on any atom is 0.352 e. The van der Waals surface area contributed by atoms with Crippen LogP contribution >= 0.6 is 23.4 Å². The lowest BCUT2D eigenvalue weighted by molar-refractivity contribution is -0.151. The van der Waals surface area contributed by atoms with Crippen LogP contribution in [0.25, 0.3) is 21.9 Å². The topological polar surface area (TPSA) is 287 Å². The van der Waals surface area contributed by atoms with Crippen molar-refractivity contribution in [2.45, 2.75) is 48.8 Å². The fourth-order valence-electron chi connectivity index (χ4n) is 8.34. The SMILES string of the molecule is NC1CCN(c2c(F)cc3c(=O)c(C(=O)NCC4=C(C(=O)O)N5C(=O)[C@@H](NC(=O)[C@H](NC(=O)c6coc7cc(O)c(O)cc7c6=O)c6ccc(O)cc6)[C@H]5SC4)cn(C4CC4)c3c2Cl)C1. The molecule has 5 aromatic rings. The molecule has 2 saturated heterocycles. The molecule has 3 aliphatic heterocycles. The predicted octanol–water partition coefficient (Wildman–Crippen LogP) is 2.53. The number of rotatable bonds is 11. The Morgan fingerprint density at radius 1 is 0.954 bits per heavy atom. The van der Waals surface area contributed by atoms with Gasteiger partial charge in [-0.1, -0.05) is 23.7 Å². The van der Waals surface area contributed by atoms with Crippen molar-refractivity contribution in [2.75, 3.05) is 30.3 Å². The maximum atomic E-state index is 15.7. The van der Waals surface area contributed by atoms with E-state index in [9.17, 15) is 54.0 Å². The first-order valence-electron chi connectivity index (χ1n) is 20.2. The van der Waals surface area contributed by atoms with Gasteiger partial charge in [-0.15, -0.1) is 11.8 Å². The van der Waals surface area contributed by atoms with E-state index in [1.807, 2.05) is 0 Å². The molecule has 336 valence electrons. The molecule has 1 unspecified atom stereocenters. The summed E-state index contributed by atoms with van der Waals surface area (Å²) in [5.74, 6) is -7.43. The number of carbonyl (C=O) groups excluding carboxylic acids is 4. The number of nitrogens with two attached hydrogens (primary N) is 1. The number of aromatic nitrogens is 1. The van der Waals surface area contributed by atoms with Gasteiger partial charge in [0.1, 0.15) is 57.7 Å². The zero-order chi connectivity index (χ0) is 46.2. The highest BCUT2D eigenvalue weighted by Crippen LogP contribution is 2.43. The van der Waals surface area contributed by atoms with Crippen molar-refractivity contribution in [1.29, 1.82) is 0 Å². The highest BCUT2D eigenvalue weighted by atomic mass is 35.5. The summed E-state index contributed by atoms with van der Waals surface area (Å²) in [6, 6.07) is 4.89. The van der Waals surface area contributed by atoms with Crippen LogP contribution in [0.3, 0.4) is 0 Å². The average Bonchev–Trinajstić information content (AvgIpc) is 4.04. The highest BCUT2D eigenvalue weighted by molar-refractivity contribution is 8.00. The van der Waals surface area contributed by atoms with Crippen molar-refractivity contribution in [3.63, 3.8) is 0 Å². The van der Waals surface area contributed by atoms with Gasteiger partial charge in [0.15, 0.2) is 11.5 Å². The molecule has 4 aliphatic rings. The maximum absolute atomic E-state index is 15.7. The van der Waals surface area contributed by atoms with E-state index in [2.05, 4.69) is 16.0 Å². The largest absolute Gasteiger partial charge is 0.508 e. The molecule has 3 fully saturated rings. The third kappa shape index (κ3) is 7.63. The summed E-state index contributed by atoms with van der Waals surface area (Å²) < 4.78 is 22.7. The first-order chi connectivity index (χ1) is 31.0. The van der Waals surface area contributed by atoms with E-state index in [1.54, 1.807) is 9.47 Å². The van der Waals surface area contributed by atoms with Crippen molar-refractivity contribution >= 4 is 80.5 Å². The molecule has 3 aromatic carbocycles. The number of carboxylic acid groups (broad SMARTS) is 1. The van der Waals surface area contributed by atoms with Gasteiger partial charge in [-0.25, -0.2) is 9.18 Å². The number of nitrogens with zero attached hydrogens (tertiary/aromatic N) is 3. The molecule has 0 spiro atoms. The fourth-order valence-corrected chi connectivity index (χ4v) is 10.1. The first kappa shape index (κ1) is 43.2. The van der Waals surface area contributed by atoms with E-state index in [4.69, 9.17) is 21.8 Å². The molecule has 19 nitrogen and oxygen atoms in total. The standard InChI is InChI=1S/C43H37ClFN7O12S/c44-30-34-23(9-26(45)35(30)50-8-7-19(46)13-50)37(57)24(14-51(34)20-3-4-20)38(58)47-12-18-16-65-42-32(41(61)52(42)33(18)43(62)63)49-40(60)31(17-1-5-21(53)6-2-17)48-39(59)25-15-64-29-11-28(55)27(54)10-22(29)36(25)56/h1-2,5-6,9-11,14-15,19-20,31-32,42,53-55H,3-4,7-8,12-13,16,46H2,(H,47,58)(H,48,59)(H,49,60)(H,62,63)/t19?,31-,32-,42-/m1/s1. The molecule has 9 rings (SSSR count). The fraction of sp³-hybridized carbons (Fsp3) is 0.279. The number of hydrogen-bond donors (Lipinski definition) is 8. The minimum Gasteiger partial charge on any atom is -0.508 e. The van der Waals surface area contributed by atoms with E-state index >= 15 is 4.39 Å². The number of benzene rings is 3. The third-order valence-electron chi connectivity index (χ3n) is 11.8. The molecule has 4 amide bonds. The van der Waals surface area contributed by atoms with Crippen molar-refractivity contribution < 1.29 is 53.2 Å². The van der Waals surface area contributed by atoms with E-state index in [0.717, 1.165) is 54.0 Å². The molecule has 22 heteroatoms. The second-order valence-electron chi connectivity index (χ2n) is 16.1. The van der Waals surface area contributed by atoms with Crippen LogP contribution in [-0.4, -0.2) is 102 Å². The first-order valence-corrected chi connectivity index (χ1v) is 21.6. The number of hydrogen-bond acceptors (Lipinski definition) is 14. The molecular formula is C43H37ClFN7O12S. The number of nitrogens with one attached hydrogen (secondary N) is 3. The molecule has 0 bridgehead atoms. The molecule has 9 N–H and O–H groups in total. The summed E-state index contributed by atoms with van der Waals surface area (Å²) >= 11 is 7.89. The number of fused-ring (bicyclic) bond motifs is 3. The number of anilines is 1. The van der Waals surface area contributed by atoms with Crippen LogP contribution in [0, 0.1) is 5.82 Å². The molecule has 1 saturated carbocycles. The summed E-state index contributed by atoms with van der Waals surface area (Å²) in [5, 5.41) is 46.2. The van der Waals surface area contributed by atoms with Crippen molar-refractivity contribution in [2.24, 2.45) is 5.73 Å². The molecule has 5 heterocycles. The Hall–Kier alpha value is -7.10. The average molecular weight is 930 g/mol. The lowest BCUT2D eigenvalue weighted by Gasteiger charge is -2.49. The number of carbonyl (C=O) groups is 5. The minimum atomic E-state index is -1.58. The third-order valence-corrected chi connectivity index (χ3v) is 13.5. The number of phenolic OH excluding ortho intramolecular Hbond substituents is 3. The monoisotopic (exact) mass is 929 g/mol. The Balaban J connectivity index is 0.932. The number of thioether (sulfide) groups is 1. The summed E-state index contributed by atoms with van der Waals surface area (Å²) in [7, 11) is 0. The van der Waals surface area contributed by atoms with Gasteiger partial charge < -0.3 is 56.0 Å². The normalized spacial score (nSPS) is 19.8. The summed E-state index contributed by atoms with van der Waals surface area (Å²) in [6.07, 6.45) is 4.26. The second-order valence-corrected chi connectivity index (χ2v) is 17.6. The minimum absolute atomic E-state index is 0.0327. The Labute approximate surface area is 374 Å². The smallest absolute Gasteiger partial charge is 0.352 e. The summed E-state index contributed by atoms with van der Waals surface area (Å²) in [4.78, 5) is 97.3. The lowest BCUT2D eigenvalue weighted by Crippen LogP contribution is -2.71. The second kappa shape index (κ2) is 16.5. The zero-order valence-corrected chi connectivity index (χ0v) is 35.2. The van der Waals surface area contributed by atoms with Gasteiger partial charge in [0.25, 0.3) is 17.7 Å². The number of amides is 4.